The molecular formula is C8H11Cl5N4. The summed E-state index contributed by atoms with van der Waals surface area (Å²) in [5, 5.41) is 11.5. The lowest BCUT2D eigenvalue weighted by Gasteiger charge is -2.23. The molecule has 1 aromatic rings. The molecule has 0 N–H and O–H groups in total. The van der Waals surface area contributed by atoms with E-state index < -0.39 is 8.13 Å². The molecule has 98 valence electrons. The molecule has 0 amide bonds. The number of alkyl halides is 5. The zero-order chi connectivity index (χ0) is 13.1. The van der Waals surface area contributed by atoms with E-state index in [0.29, 0.717) is 6.54 Å². The molecule has 0 aliphatic heterocycles. The summed E-state index contributed by atoms with van der Waals surface area (Å²) in [4.78, 5) is 1.39. The van der Waals surface area contributed by atoms with Gasteiger partial charge in [0, 0.05) is 0 Å². The third kappa shape index (κ3) is 4.00. The van der Waals surface area contributed by atoms with E-state index in [2.05, 4.69) is 22.3 Å². The van der Waals surface area contributed by atoms with E-state index in [1.807, 2.05) is 0 Å². The average molecular weight is 340 g/mol. The van der Waals surface area contributed by atoms with E-state index in [4.69, 9.17) is 58.0 Å². The van der Waals surface area contributed by atoms with Crippen molar-refractivity contribution in [2.75, 3.05) is 0 Å². The van der Waals surface area contributed by atoms with Gasteiger partial charge in [-0.2, -0.15) is 4.80 Å². The van der Waals surface area contributed by atoms with Gasteiger partial charge in [0.15, 0.2) is 0 Å². The maximum atomic E-state index is 5.90. The van der Waals surface area contributed by atoms with Gasteiger partial charge < -0.3 is 0 Å². The molecule has 0 fully saturated rings. The zero-order valence-electron chi connectivity index (χ0n) is 9.01. The van der Waals surface area contributed by atoms with Crippen molar-refractivity contribution in [3.05, 3.63) is 5.82 Å². The number of aryl methyl sites for hydroxylation is 1. The second kappa shape index (κ2) is 6.11. The Morgan fingerprint density at radius 2 is 1.76 bits per heavy atom. The molecule has 0 saturated carbocycles. The van der Waals surface area contributed by atoms with Gasteiger partial charge in [-0.15, -0.1) is 10.2 Å². The van der Waals surface area contributed by atoms with Gasteiger partial charge in [0.1, 0.15) is 0 Å². The average Bonchev–Trinajstić information content (AvgIpc) is 2.65. The first-order valence-electron chi connectivity index (χ1n) is 5.02. The minimum atomic E-state index is -1.92. The molecule has 1 aromatic heterocycles. The third-order valence-electron chi connectivity index (χ3n) is 2.05. The van der Waals surface area contributed by atoms with E-state index in [-0.39, 0.29) is 5.82 Å². The quantitative estimate of drug-likeness (QED) is 0.604. The first-order chi connectivity index (χ1) is 7.79. The van der Waals surface area contributed by atoms with Crippen LogP contribution in [0.4, 0.5) is 0 Å². The second-order valence-electron chi connectivity index (χ2n) is 3.49. The Morgan fingerprint density at radius 1 is 1.12 bits per heavy atom. The van der Waals surface area contributed by atoms with Crippen molar-refractivity contribution < 1.29 is 0 Å². The van der Waals surface area contributed by atoms with Crippen LogP contribution >= 0.6 is 58.0 Å². The topological polar surface area (TPSA) is 43.6 Å². The number of halogens is 5. The number of hydrogen-bond donors (Lipinski definition) is 0. The highest BCUT2D eigenvalue weighted by atomic mass is 35.6. The minimum Gasteiger partial charge on any atom is -0.164 e. The molecule has 9 heteroatoms. The van der Waals surface area contributed by atoms with Crippen LogP contribution in [0.3, 0.4) is 0 Å². The Morgan fingerprint density at radius 3 is 2.29 bits per heavy atom. The fraction of sp³-hybridized carbons (Fsp3) is 0.875. The third-order valence-corrected chi connectivity index (χ3v) is 4.39. The Labute approximate surface area is 124 Å². The first-order valence-corrected chi connectivity index (χ1v) is 6.91. The molecule has 0 unspecified atom stereocenters. The van der Waals surface area contributed by atoms with Gasteiger partial charge in [-0.05, 0) is 11.6 Å². The number of aromatic nitrogens is 4. The van der Waals surface area contributed by atoms with Crippen molar-refractivity contribution in [3.63, 3.8) is 0 Å². The summed E-state index contributed by atoms with van der Waals surface area (Å²) in [6.07, 6.45) is 3.12. The van der Waals surface area contributed by atoms with Gasteiger partial charge >= 0.3 is 0 Å². The van der Waals surface area contributed by atoms with E-state index in [1.54, 1.807) is 0 Å². The second-order valence-corrected chi connectivity index (χ2v) is 7.10. The molecule has 0 saturated heterocycles. The predicted molar refractivity (Wildman–Crippen MR) is 71.0 cm³/mol. The molecule has 0 bridgehead atoms. The van der Waals surface area contributed by atoms with Crippen LogP contribution in [0.2, 0.25) is 0 Å². The van der Waals surface area contributed by atoms with E-state index in [1.165, 1.54) is 4.80 Å². The Hall–Kier alpha value is 0.520. The van der Waals surface area contributed by atoms with Crippen molar-refractivity contribution >= 4 is 58.0 Å². The van der Waals surface area contributed by atoms with Crippen LogP contribution in [0.1, 0.15) is 32.0 Å². The summed E-state index contributed by atoms with van der Waals surface area (Å²) < 4.78 is -3.74. The lowest BCUT2D eigenvalue weighted by molar-refractivity contribution is 0.483. The fourth-order valence-corrected chi connectivity index (χ4v) is 1.50. The smallest absolute Gasteiger partial charge is 0.164 e. The van der Waals surface area contributed by atoms with Crippen molar-refractivity contribution in [1.82, 2.24) is 20.2 Å². The summed E-state index contributed by atoms with van der Waals surface area (Å²) in [6, 6.07) is 0. The summed E-state index contributed by atoms with van der Waals surface area (Å²) in [7, 11) is 0. The van der Waals surface area contributed by atoms with Crippen LogP contribution in [-0.4, -0.2) is 24.0 Å². The Bertz CT molecular complexity index is 359. The predicted octanol–water partition coefficient (Wildman–Crippen LogP) is 3.86. The largest absolute Gasteiger partial charge is 0.230 e. The van der Waals surface area contributed by atoms with Crippen LogP contribution in [-0.2, 0) is 10.9 Å². The Kier molecular flexibility index (Phi) is 5.60. The van der Waals surface area contributed by atoms with E-state index in [0.717, 1.165) is 19.3 Å². The Balaban J connectivity index is 2.74. The highest BCUT2D eigenvalue weighted by Crippen LogP contribution is 2.51. The number of unbranched alkanes of at least 4 members (excludes halogenated alkanes) is 2. The molecule has 0 radical (unpaired) electrons. The lowest BCUT2D eigenvalue weighted by atomic mass is 10.2. The maximum Gasteiger partial charge on any atom is 0.230 e. The summed E-state index contributed by atoms with van der Waals surface area (Å²) >= 11 is 28.7. The number of hydrogen-bond acceptors (Lipinski definition) is 3. The van der Waals surface area contributed by atoms with E-state index in [9.17, 15) is 0 Å². The van der Waals surface area contributed by atoms with Crippen LogP contribution in [0.5, 0.6) is 0 Å². The molecule has 0 spiro atoms. The fourth-order valence-electron chi connectivity index (χ4n) is 1.09. The monoisotopic (exact) mass is 338 g/mol. The van der Waals surface area contributed by atoms with Gasteiger partial charge in [-0.25, -0.2) is 0 Å². The van der Waals surface area contributed by atoms with Gasteiger partial charge in [-0.1, -0.05) is 77.8 Å². The van der Waals surface area contributed by atoms with Crippen molar-refractivity contribution in [2.45, 2.75) is 40.9 Å². The SMILES string of the molecule is CCCCCn1nnc(C(Cl)(Cl)C(Cl)(Cl)Cl)n1. The normalized spacial score (nSPS) is 13.1. The van der Waals surface area contributed by atoms with Crippen molar-refractivity contribution in [2.24, 2.45) is 0 Å². The molecular weight excluding hydrogens is 329 g/mol. The molecule has 17 heavy (non-hydrogen) atoms. The zero-order valence-corrected chi connectivity index (χ0v) is 12.8. The molecule has 0 aliphatic rings. The van der Waals surface area contributed by atoms with Gasteiger partial charge in [0.25, 0.3) is 0 Å². The number of tetrazole rings is 1. The summed E-state index contributed by atoms with van der Waals surface area (Å²) in [5.41, 5.74) is 0. The first kappa shape index (κ1) is 15.6. The van der Waals surface area contributed by atoms with Crippen molar-refractivity contribution in [1.29, 1.82) is 0 Å². The van der Waals surface area contributed by atoms with Crippen LogP contribution in [0, 0.1) is 0 Å². The van der Waals surface area contributed by atoms with Gasteiger partial charge in [0.2, 0.25) is 14.0 Å². The lowest BCUT2D eigenvalue weighted by Crippen LogP contribution is -2.29. The van der Waals surface area contributed by atoms with E-state index >= 15 is 0 Å². The van der Waals surface area contributed by atoms with Crippen LogP contribution in [0.25, 0.3) is 0 Å². The summed E-state index contributed by atoms with van der Waals surface area (Å²) in [5.74, 6) is -0.0164. The number of rotatable bonds is 5. The molecule has 1 rings (SSSR count). The molecule has 0 aliphatic carbocycles. The molecule has 0 aromatic carbocycles. The van der Waals surface area contributed by atoms with Crippen LogP contribution in [0.15, 0.2) is 0 Å². The minimum absolute atomic E-state index is 0.0164. The van der Waals surface area contributed by atoms with Crippen LogP contribution < -0.4 is 0 Å². The highest BCUT2D eigenvalue weighted by Gasteiger charge is 2.51. The summed E-state index contributed by atoms with van der Waals surface area (Å²) in [6.45, 7) is 2.73. The number of nitrogens with zero attached hydrogens (tertiary/aromatic N) is 4. The molecule has 0 atom stereocenters. The standard InChI is InChI=1S/C8H11Cl5N4/c1-2-3-4-5-17-15-6(14-16-17)7(9,10)8(11,12)13/h2-5H2,1H3. The molecule has 1 heterocycles. The molecule has 4 nitrogen and oxygen atoms in total. The van der Waals surface area contributed by atoms with Crippen molar-refractivity contribution in [3.8, 4) is 0 Å². The maximum absolute atomic E-state index is 5.90. The van der Waals surface area contributed by atoms with Gasteiger partial charge in [-0.3, -0.25) is 0 Å². The highest BCUT2D eigenvalue weighted by molar-refractivity contribution is 6.75. The van der Waals surface area contributed by atoms with Gasteiger partial charge in [0.05, 0.1) is 6.54 Å².